The fourth-order valence-electron chi connectivity index (χ4n) is 1.62. The molecule has 8 heteroatoms. The second-order valence-corrected chi connectivity index (χ2v) is 3.81. The average Bonchev–Trinajstić information content (AvgIpc) is 2.73. The van der Waals surface area contributed by atoms with Crippen LogP contribution in [-0.4, -0.2) is 48.0 Å². The minimum absolute atomic E-state index is 0.104. The van der Waals surface area contributed by atoms with Crippen LogP contribution in [0.5, 0.6) is 0 Å². The van der Waals surface area contributed by atoms with Gasteiger partial charge in [-0.15, -0.1) is 0 Å². The Bertz CT molecular complexity index is 582. The van der Waals surface area contributed by atoms with Crippen LogP contribution in [0.3, 0.4) is 0 Å². The number of aliphatic hydroxyl groups excluding tert-OH is 2. The summed E-state index contributed by atoms with van der Waals surface area (Å²) >= 11 is 0. The molecule has 2 aromatic rings. The largest absolute Gasteiger partial charge is 0.479 e. The average molecular weight is 252 g/mol. The van der Waals surface area contributed by atoms with E-state index >= 15 is 0 Å². The third kappa shape index (κ3) is 2.11. The molecule has 0 aromatic carbocycles. The van der Waals surface area contributed by atoms with Gasteiger partial charge in [0.25, 0.3) is 0 Å². The summed E-state index contributed by atoms with van der Waals surface area (Å²) in [5, 5.41) is 27.3. The zero-order valence-electron chi connectivity index (χ0n) is 9.26. The van der Waals surface area contributed by atoms with Crippen molar-refractivity contribution >= 4 is 22.8 Å². The van der Waals surface area contributed by atoms with Gasteiger partial charge >= 0.3 is 5.97 Å². The first-order valence-electron chi connectivity index (χ1n) is 5.15. The molecule has 0 aliphatic rings. The summed E-state index contributed by atoms with van der Waals surface area (Å²) in [6.07, 6.45) is -0.396. The number of carbonyl (C=O) groups is 1. The molecule has 2 aromatic heterocycles. The molecule has 96 valence electrons. The van der Waals surface area contributed by atoms with Crippen LogP contribution >= 0.6 is 0 Å². The van der Waals surface area contributed by atoms with Crippen molar-refractivity contribution in [2.75, 3.05) is 5.73 Å². The highest BCUT2D eigenvalue weighted by Crippen LogP contribution is 2.17. The van der Waals surface area contributed by atoms with E-state index in [4.69, 9.17) is 10.8 Å². The molecule has 5 N–H and O–H groups in total. The number of anilines is 1. The van der Waals surface area contributed by atoms with E-state index in [9.17, 15) is 15.0 Å². The van der Waals surface area contributed by atoms with Crippen molar-refractivity contribution in [2.45, 2.75) is 18.8 Å². The molecular formula is C10H12N4O4. The van der Waals surface area contributed by atoms with Crippen molar-refractivity contribution in [1.29, 1.82) is 0 Å². The monoisotopic (exact) mass is 252 g/mol. The number of aliphatic carboxylic acids is 1. The number of nitrogens with zero attached hydrogens (tertiary/aromatic N) is 3. The van der Waals surface area contributed by atoms with Gasteiger partial charge in [-0.25, -0.2) is 14.8 Å². The van der Waals surface area contributed by atoms with Crippen LogP contribution in [0.1, 0.15) is 0 Å². The fraction of sp³-hybridized carbons (Fsp3) is 0.300. The van der Waals surface area contributed by atoms with E-state index in [1.807, 2.05) is 0 Å². The second-order valence-electron chi connectivity index (χ2n) is 3.81. The van der Waals surface area contributed by atoms with Gasteiger partial charge < -0.3 is 25.6 Å². The second kappa shape index (κ2) is 4.59. The number of nitrogen functional groups attached to an aromatic ring is 1. The lowest BCUT2D eigenvalue weighted by Crippen LogP contribution is -2.36. The summed E-state index contributed by atoms with van der Waals surface area (Å²) in [5.74, 6) is -1.23. The number of rotatable bonds is 4. The molecule has 2 heterocycles. The van der Waals surface area contributed by atoms with E-state index in [1.165, 1.54) is 17.1 Å². The number of nitrogens with two attached hydrogens (primary N) is 1. The van der Waals surface area contributed by atoms with Gasteiger partial charge in [0.1, 0.15) is 11.6 Å². The number of aromatic nitrogens is 3. The lowest BCUT2D eigenvalue weighted by molar-refractivity contribution is -0.153. The molecular weight excluding hydrogens is 240 g/mol. The van der Waals surface area contributed by atoms with Crippen LogP contribution in [0.2, 0.25) is 0 Å². The van der Waals surface area contributed by atoms with Crippen LogP contribution < -0.4 is 5.73 Å². The van der Waals surface area contributed by atoms with Gasteiger partial charge in [0.15, 0.2) is 11.9 Å². The van der Waals surface area contributed by atoms with Crippen LogP contribution in [0.25, 0.3) is 11.0 Å². The number of carboxylic acids is 1. The van der Waals surface area contributed by atoms with Gasteiger partial charge in [-0.05, 0) is 6.07 Å². The first-order chi connectivity index (χ1) is 8.50. The Morgan fingerprint density at radius 2 is 2.17 bits per heavy atom. The van der Waals surface area contributed by atoms with Gasteiger partial charge in [0.2, 0.25) is 0 Å². The molecule has 0 fully saturated rings. The minimum Gasteiger partial charge on any atom is -0.479 e. The lowest BCUT2D eigenvalue weighted by Gasteiger charge is -2.14. The maximum atomic E-state index is 10.5. The third-order valence-corrected chi connectivity index (χ3v) is 2.57. The Labute approximate surface area is 101 Å². The zero-order chi connectivity index (χ0) is 13.3. The summed E-state index contributed by atoms with van der Waals surface area (Å²) in [7, 11) is 0. The topological polar surface area (TPSA) is 134 Å². The van der Waals surface area contributed by atoms with E-state index in [0.29, 0.717) is 11.0 Å². The number of fused-ring (bicyclic) bond motifs is 1. The van der Waals surface area contributed by atoms with Gasteiger partial charge in [-0.2, -0.15) is 0 Å². The number of hydrogen-bond acceptors (Lipinski definition) is 6. The molecule has 8 nitrogen and oxygen atoms in total. The Morgan fingerprint density at radius 3 is 2.83 bits per heavy atom. The summed E-state index contributed by atoms with van der Waals surface area (Å²) in [4.78, 5) is 18.4. The predicted octanol–water partition coefficient (Wildman–Crippen LogP) is -1.18. The van der Waals surface area contributed by atoms with Gasteiger partial charge in [-0.3, -0.25) is 0 Å². The molecule has 2 atom stereocenters. The number of imidazole rings is 1. The Balaban J connectivity index is 2.27. The molecule has 0 radical (unpaired) electrons. The van der Waals surface area contributed by atoms with E-state index in [-0.39, 0.29) is 12.4 Å². The van der Waals surface area contributed by atoms with Crippen LogP contribution in [0.15, 0.2) is 18.6 Å². The number of carboxylic acid groups (broad SMARTS) is 1. The smallest absolute Gasteiger partial charge is 0.335 e. The van der Waals surface area contributed by atoms with Crippen molar-refractivity contribution in [3.63, 3.8) is 0 Å². The van der Waals surface area contributed by atoms with Crippen LogP contribution in [0.4, 0.5) is 5.82 Å². The Kier molecular flexibility index (Phi) is 3.13. The first kappa shape index (κ1) is 12.3. The maximum Gasteiger partial charge on any atom is 0.335 e. The summed E-state index contributed by atoms with van der Waals surface area (Å²) < 4.78 is 1.50. The normalized spacial score (nSPS) is 14.6. The van der Waals surface area contributed by atoms with Crippen molar-refractivity contribution in [3.05, 3.63) is 18.6 Å². The fourth-order valence-corrected chi connectivity index (χ4v) is 1.62. The number of pyridine rings is 1. The third-order valence-electron chi connectivity index (χ3n) is 2.57. The standard InChI is InChI=1S/C10H12N4O4/c11-9-7-5(1-2-12-9)14(4-13-7)3-6(15)8(16)10(17)18/h1-2,4,6,8,15-16H,3H2,(H2,11,12)(H,17,18)/t6-,8-/m1/s1. The maximum absolute atomic E-state index is 10.5. The lowest BCUT2D eigenvalue weighted by atomic mass is 10.2. The molecule has 0 aliphatic heterocycles. The highest BCUT2D eigenvalue weighted by Gasteiger charge is 2.24. The summed E-state index contributed by atoms with van der Waals surface area (Å²) in [6.45, 7) is -0.104. The first-order valence-corrected chi connectivity index (χ1v) is 5.15. The highest BCUT2D eigenvalue weighted by atomic mass is 16.4. The van der Waals surface area contributed by atoms with Gasteiger partial charge in [0, 0.05) is 6.20 Å². The molecule has 0 aliphatic carbocycles. The van der Waals surface area contributed by atoms with Crippen molar-refractivity contribution in [2.24, 2.45) is 0 Å². The molecule has 0 amide bonds. The Hall–Kier alpha value is -2.19. The molecule has 18 heavy (non-hydrogen) atoms. The quantitative estimate of drug-likeness (QED) is 0.538. The predicted molar refractivity (Wildman–Crippen MR) is 61.6 cm³/mol. The van der Waals surface area contributed by atoms with Crippen molar-refractivity contribution in [1.82, 2.24) is 14.5 Å². The Morgan fingerprint density at radius 1 is 1.44 bits per heavy atom. The van der Waals surface area contributed by atoms with E-state index < -0.39 is 18.2 Å². The zero-order valence-corrected chi connectivity index (χ0v) is 9.26. The number of aliphatic hydroxyl groups is 2. The van der Waals surface area contributed by atoms with Gasteiger partial charge in [-0.1, -0.05) is 0 Å². The number of hydrogen-bond donors (Lipinski definition) is 4. The van der Waals surface area contributed by atoms with Crippen LogP contribution in [-0.2, 0) is 11.3 Å². The van der Waals surface area contributed by atoms with Crippen molar-refractivity contribution in [3.8, 4) is 0 Å². The highest BCUT2D eigenvalue weighted by molar-refractivity contribution is 5.84. The minimum atomic E-state index is -1.85. The van der Waals surface area contributed by atoms with Crippen LogP contribution in [0, 0.1) is 0 Å². The summed E-state index contributed by atoms with van der Waals surface area (Å²) in [5.41, 5.74) is 6.69. The molecule has 2 rings (SSSR count). The molecule has 0 unspecified atom stereocenters. The van der Waals surface area contributed by atoms with Gasteiger partial charge in [0.05, 0.1) is 18.4 Å². The molecule has 0 saturated carbocycles. The SMILES string of the molecule is Nc1nccc2c1ncn2C[C@@H](O)[C@@H](O)C(=O)O. The summed E-state index contributed by atoms with van der Waals surface area (Å²) in [6, 6.07) is 1.64. The van der Waals surface area contributed by atoms with E-state index in [0.717, 1.165) is 0 Å². The molecule has 0 saturated heterocycles. The molecule has 0 bridgehead atoms. The van der Waals surface area contributed by atoms with E-state index in [1.54, 1.807) is 6.07 Å². The van der Waals surface area contributed by atoms with Crippen molar-refractivity contribution < 1.29 is 20.1 Å². The molecule has 0 spiro atoms. The van der Waals surface area contributed by atoms with E-state index in [2.05, 4.69) is 9.97 Å².